The minimum absolute atomic E-state index is 0.203. The largest absolute Gasteiger partial charge is 0.0712 e. The molecule has 0 heterocycles. The number of rotatable bonds is 5. The summed E-state index contributed by atoms with van der Waals surface area (Å²) in [5, 5.41) is 0. The highest BCUT2D eigenvalue weighted by molar-refractivity contribution is 6.60. The van der Waals surface area contributed by atoms with Gasteiger partial charge in [0.2, 0.25) is 0 Å². The quantitative estimate of drug-likeness (QED) is 0.471. The highest BCUT2D eigenvalue weighted by atomic mass is 28.3. The average Bonchev–Trinajstić information content (AvgIpc) is 3.01. The lowest BCUT2D eigenvalue weighted by Gasteiger charge is -2.25. The van der Waals surface area contributed by atoms with Crippen molar-refractivity contribution in [1.29, 1.82) is 0 Å². The Morgan fingerprint density at radius 2 is 1.67 bits per heavy atom. The molecule has 2 unspecified atom stereocenters. The molecule has 1 aliphatic rings. The Kier molecular flexibility index (Phi) is 5.81. The predicted molar refractivity (Wildman–Crippen MR) is 124 cm³/mol. The van der Waals surface area contributed by atoms with Crippen LogP contribution in [0.15, 0.2) is 48.0 Å². The van der Waals surface area contributed by atoms with Gasteiger partial charge in [0.05, 0.1) is 0 Å². The summed E-state index contributed by atoms with van der Waals surface area (Å²) in [5.41, 5.74) is 9.85. The van der Waals surface area contributed by atoms with Gasteiger partial charge in [-0.25, -0.2) is 0 Å². The molecule has 27 heavy (non-hydrogen) atoms. The number of allylic oxidation sites excluding steroid dienone is 1. The van der Waals surface area contributed by atoms with Gasteiger partial charge in [0, 0.05) is 8.80 Å². The van der Waals surface area contributed by atoms with Gasteiger partial charge in [-0.3, -0.25) is 0 Å². The third-order valence-corrected chi connectivity index (χ3v) is 9.56. The van der Waals surface area contributed by atoms with Crippen LogP contribution in [0.25, 0.3) is 17.2 Å². The molecule has 0 saturated heterocycles. The first-order valence-corrected chi connectivity index (χ1v) is 13.3. The molecule has 1 aliphatic carbocycles. The summed E-state index contributed by atoms with van der Waals surface area (Å²) in [6.45, 7) is 16.5. The third kappa shape index (κ3) is 3.99. The van der Waals surface area contributed by atoms with Gasteiger partial charge >= 0.3 is 0 Å². The molecule has 0 N–H and O–H groups in total. The van der Waals surface area contributed by atoms with Crippen molar-refractivity contribution in [2.75, 3.05) is 0 Å². The van der Waals surface area contributed by atoms with Gasteiger partial charge in [0.25, 0.3) is 0 Å². The molecular formula is C26H36Si. The molecule has 0 aliphatic heterocycles. The summed E-state index contributed by atoms with van der Waals surface area (Å²) in [6.07, 6.45) is 3.86. The lowest BCUT2D eigenvalue weighted by atomic mass is 9.86. The van der Waals surface area contributed by atoms with E-state index in [1.165, 1.54) is 34.7 Å². The summed E-state index contributed by atoms with van der Waals surface area (Å²) in [6, 6.07) is 17.7. The summed E-state index contributed by atoms with van der Waals surface area (Å²) in [4.78, 5) is 0. The molecule has 1 heteroatoms. The molecular weight excluding hydrogens is 340 g/mol. The average molecular weight is 377 g/mol. The normalized spacial score (nSPS) is 17.8. The van der Waals surface area contributed by atoms with Crippen molar-refractivity contribution in [3.63, 3.8) is 0 Å². The van der Waals surface area contributed by atoms with Crippen LogP contribution in [0.1, 0.15) is 70.2 Å². The lowest BCUT2D eigenvalue weighted by Crippen LogP contribution is -2.22. The summed E-state index contributed by atoms with van der Waals surface area (Å²) in [7, 11) is -0.819. The van der Waals surface area contributed by atoms with Crippen molar-refractivity contribution >= 4 is 14.9 Å². The molecule has 3 rings (SSSR count). The van der Waals surface area contributed by atoms with Crippen molar-refractivity contribution in [3.8, 4) is 11.1 Å². The van der Waals surface area contributed by atoms with E-state index in [-0.39, 0.29) is 5.41 Å². The van der Waals surface area contributed by atoms with Crippen molar-refractivity contribution < 1.29 is 0 Å². The number of hydrogen-bond acceptors (Lipinski definition) is 0. The van der Waals surface area contributed by atoms with Crippen molar-refractivity contribution in [1.82, 2.24) is 0 Å². The van der Waals surface area contributed by atoms with Crippen LogP contribution >= 0.6 is 0 Å². The van der Waals surface area contributed by atoms with Crippen LogP contribution in [0.3, 0.4) is 0 Å². The van der Waals surface area contributed by atoms with E-state index in [0.29, 0.717) is 11.5 Å². The van der Waals surface area contributed by atoms with E-state index in [0.717, 1.165) is 0 Å². The van der Waals surface area contributed by atoms with Crippen molar-refractivity contribution in [3.05, 3.63) is 64.7 Å². The first kappa shape index (κ1) is 20.1. The first-order chi connectivity index (χ1) is 12.7. The molecule has 0 spiro atoms. The van der Waals surface area contributed by atoms with Crippen LogP contribution in [0.2, 0.25) is 12.6 Å². The van der Waals surface area contributed by atoms with Gasteiger partial charge in [-0.05, 0) is 44.7 Å². The zero-order chi connectivity index (χ0) is 19.8. The van der Waals surface area contributed by atoms with Crippen molar-refractivity contribution in [2.45, 2.75) is 71.5 Å². The zero-order valence-electron chi connectivity index (χ0n) is 18.3. The Bertz CT molecular complexity index is 818. The molecule has 0 saturated carbocycles. The lowest BCUT2D eigenvalue weighted by molar-refractivity contribution is 0.590. The molecule has 0 fully saturated rings. The molecule has 2 aromatic carbocycles. The Morgan fingerprint density at radius 3 is 2.22 bits per heavy atom. The summed E-state index contributed by atoms with van der Waals surface area (Å²) in [5.74, 6) is 0.630. The van der Waals surface area contributed by atoms with E-state index in [1.807, 2.05) is 0 Å². The second kappa shape index (κ2) is 7.79. The minimum atomic E-state index is -0.819. The van der Waals surface area contributed by atoms with E-state index >= 15 is 0 Å². The summed E-state index contributed by atoms with van der Waals surface area (Å²) >= 11 is 0. The fraction of sp³-hybridized carbons (Fsp3) is 0.462. The maximum Gasteiger partial charge on any atom is 0.0470 e. The Hall–Kier alpha value is -1.60. The maximum absolute atomic E-state index is 2.57. The monoisotopic (exact) mass is 376 g/mol. The van der Waals surface area contributed by atoms with Crippen LogP contribution in [-0.2, 0) is 5.41 Å². The van der Waals surface area contributed by atoms with Crippen LogP contribution in [0, 0.1) is 5.92 Å². The van der Waals surface area contributed by atoms with Gasteiger partial charge in [0.1, 0.15) is 0 Å². The molecule has 0 bridgehead atoms. The highest BCUT2D eigenvalue weighted by Crippen LogP contribution is 2.45. The molecule has 0 radical (unpaired) electrons. The molecule has 0 amide bonds. The summed E-state index contributed by atoms with van der Waals surface area (Å²) < 4.78 is 0. The van der Waals surface area contributed by atoms with E-state index < -0.39 is 8.80 Å². The standard InChI is InChI=1S/C26H36Si/c1-8-16-27(7)25-22-11-9-10-21(24(22)17-23(25)18(2)3)19-12-14-20(15-13-19)26(4,5)6/h9-15,17-18,25,27H,8,16H2,1-7H3. The fourth-order valence-corrected chi connectivity index (χ4v) is 7.92. The predicted octanol–water partition coefficient (Wildman–Crippen LogP) is 7.59. The third-order valence-electron chi connectivity index (χ3n) is 6.19. The van der Waals surface area contributed by atoms with Crippen molar-refractivity contribution in [2.24, 2.45) is 5.92 Å². The number of benzene rings is 2. The van der Waals surface area contributed by atoms with Gasteiger partial charge < -0.3 is 0 Å². The van der Waals surface area contributed by atoms with Crippen LogP contribution in [0.5, 0.6) is 0 Å². The van der Waals surface area contributed by atoms with Gasteiger partial charge in [-0.2, -0.15) is 0 Å². The molecule has 144 valence electrons. The van der Waals surface area contributed by atoms with E-state index in [4.69, 9.17) is 0 Å². The minimum Gasteiger partial charge on any atom is -0.0712 e. The molecule has 2 aromatic rings. The number of fused-ring (bicyclic) bond motifs is 1. The second-order valence-corrected chi connectivity index (χ2v) is 12.9. The fourth-order valence-electron chi connectivity index (χ4n) is 4.64. The van der Waals surface area contributed by atoms with Gasteiger partial charge in [0.15, 0.2) is 0 Å². The zero-order valence-corrected chi connectivity index (χ0v) is 19.4. The van der Waals surface area contributed by atoms with E-state index in [9.17, 15) is 0 Å². The van der Waals surface area contributed by atoms with Crippen LogP contribution in [-0.4, -0.2) is 8.80 Å². The Morgan fingerprint density at radius 1 is 1.00 bits per heavy atom. The Labute approximate surface area is 168 Å². The SMILES string of the molecule is CCC[SiH](C)C1C(C(C)C)=Cc2c(-c3ccc(C(C)(C)C)cc3)cccc21. The first-order valence-electron chi connectivity index (χ1n) is 10.7. The van der Waals surface area contributed by atoms with Gasteiger partial charge in [-0.1, -0.05) is 115 Å². The van der Waals surface area contributed by atoms with E-state index in [1.54, 1.807) is 11.1 Å². The molecule has 0 nitrogen and oxygen atoms in total. The molecule has 2 atom stereocenters. The Balaban J connectivity index is 2.07. The van der Waals surface area contributed by atoms with E-state index in [2.05, 4.69) is 96.6 Å². The highest BCUT2D eigenvalue weighted by Gasteiger charge is 2.32. The second-order valence-electron chi connectivity index (χ2n) is 9.68. The maximum atomic E-state index is 2.57. The molecule has 0 aromatic heterocycles. The van der Waals surface area contributed by atoms with Crippen LogP contribution < -0.4 is 0 Å². The number of hydrogen-bond donors (Lipinski definition) is 0. The topological polar surface area (TPSA) is 0 Å². The van der Waals surface area contributed by atoms with Crippen LogP contribution in [0.4, 0.5) is 0 Å². The smallest absolute Gasteiger partial charge is 0.0470 e. The van der Waals surface area contributed by atoms with Gasteiger partial charge in [-0.15, -0.1) is 0 Å².